The molecule has 0 N–H and O–H groups in total. The van der Waals surface area contributed by atoms with Gasteiger partial charge in [-0.25, -0.2) is 0 Å². The molecule has 1 amide bonds. The maximum Gasteiger partial charge on any atom is 0.248 e. The molecule has 0 bridgehead atoms. The molecule has 4 rings (SSSR count). The van der Waals surface area contributed by atoms with Crippen LogP contribution in [0.1, 0.15) is 43.7 Å². The third kappa shape index (κ3) is 4.53. The number of ether oxygens (including phenoxy) is 2. The topological polar surface area (TPSA) is 42.0 Å². The van der Waals surface area contributed by atoms with Crippen LogP contribution in [0, 0.1) is 0 Å². The molecule has 5 nitrogen and oxygen atoms in total. The van der Waals surface area contributed by atoms with Gasteiger partial charge >= 0.3 is 0 Å². The highest BCUT2D eigenvalue weighted by molar-refractivity contribution is 5.77. The van der Waals surface area contributed by atoms with Crippen LogP contribution in [-0.4, -0.2) is 66.8 Å². The van der Waals surface area contributed by atoms with E-state index in [1.807, 2.05) is 4.90 Å². The van der Waals surface area contributed by atoms with Crippen molar-refractivity contribution < 1.29 is 14.3 Å². The number of rotatable bonds is 6. The molecule has 1 spiro atoms. The van der Waals surface area contributed by atoms with Gasteiger partial charge < -0.3 is 14.4 Å². The van der Waals surface area contributed by atoms with E-state index in [2.05, 4.69) is 36.1 Å². The zero-order valence-electron chi connectivity index (χ0n) is 16.5. The van der Waals surface area contributed by atoms with Crippen molar-refractivity contribution in [3.8, 4) is 0 Å². The number of hydrogen-bond acceptors (Lipinski definition) is 4. The fourth-order valence-electron chi connectivity index (χ4n) is 4.61. The van der Waals surface area contributed by atoms with Crippen molar-refractivity contribution in [2.75, 3.05) is 39.4 Å². The van der Waals surface area contributed by atoms with E-state index in [9.17, 15) is 4.79 Å². The smallest absolute Gasteiger partial charge is 0.248 e. The summed E-state index contributed by atoms with van der Waals surface area (Å²) in [5.74, 6) is 0.152. The minimum Gasteiger partial charge on any atom is -0.372 e. The summed E-state index contributed by atoms with van der Waals surface area (Å²) in [5, 5.41) is 0. The van der Waals surface area contributed by atoms with Gasteiger partial charge in [-0.1, -0.05) is 31.2 Å². The molecule has 3 aliphatic heterocycles. The number of carbonyl (C=O) groups excluding carboxylic acids is 1. The molecular weight excluding hydrogens is 340 g/mol. The predicted octanol–water partition coefficient (Wildman–Crippen LogP) is 2.62. The third-order valence-corrected chi connectivity index (χ3v) is 6.21. The number of hydrogen-bond donors (Lipinski definition) is 0. The molecule has 3 saturated heterocycles. The molecule has 5 heteroatoms. The molecule has 0 aromatic heterocycles. The number of benzene rings is 1. The van der Waals surface area contributed by atoms with Gasteiger partial charge in [-0.3, -0.25) is 9.69 Å². The molecule has 148 valence electrons. The summed E-state index contributed by atoms with van der Waals surface area (Å²) in [6, 6.07) is 8.93. The molecule has 1 aromatic carbocycles. The maximum absolute atomic E-state index is 12.2. The standard InChI is InChI=1S/C22H32N2O3/c1-2-18-5-7-19(8-6-18)14-23-16-22(17-23)13-20(9-12-27-22)26-15-21(25)24-10-3-4-11-24/h5-8,20H,2-4,9-17H2,1H3/t20-/m0/s1. The van der Waals surface area contributed by atoms with Crippen molar-refractivity contribution in [1.29, 1.82) is 0 Å². The summed E-state index contributed by atoms with van der Waals surface area (Å²) < 4.78 is 12.1. The maximum atomic E-state index is 12.2. The molecule has 1 aromatic rings. The van der Waals surface area contributed by atoms with Gasteiger partial charge in [-0.15, -0.1) is 0 Å². The number of likely N-dealkylation sites (tertiary alicyclic amines) is 2. The van der Waals surface area contributed by atoms with Crippen molar-refractivity contribution >= 4 is 5.91 Å². The average molecular weight is 373 g/mol. The lowest BCUT2D eigenvalue weighted by molar-refractivity contribution is -0.200. The summed E-state index contributed by atoms with van der Waals surface area (Å²) in [7, 11) is 0. The fourth-order valence-corrected chi connectivity index (χ4v) is 4.61. The summed E-state index contributed by atoms with van der Waals surface area (Å²) in [6.45, 7) is 7.85. The van der Waals surface area contributed by atoms with Crippen molar-refractivity contribution in [2.24, 2.45) is 0 Å². The lowest BCUT2D eigenvalue weighted by Gasteiger charge is -2.53. The molecule has 3 aliphatic rings. The van der Waals surface area contributed by atoms with E-state index >= 15 is 0 Å². The first kappa shape index (κ1) is 18.9. The van der Waals surface area contributed by atoms with E-state index in [0.717, 1.165) is 71.4 Å². The molecule has 0 aliphatic carbocycles. The Morgan fingerprint density at radius 1 is 1.19 bits per heavy atom. The zero-order chi connectivity index (χ0) is 18.7. The van der Waals surface area contributed by atoms with Crippen molar-refractivity contribution in [1.82, 2.24) is 9.80 Å². The van der Waals surface area contributed by atoms with Gasteiger partial charge in [0.15, 0.2) is 0 Å². The van der Waals surface area contributed by atoms with Crippen LogP contribution in [-0.2, 0) is 27.2 Å². The number of aryl methyl sites for hydroxylation is 1. The highest BCUT2D eigenvalue weighted by Gasteiger charge is 2.47. The lowest BCUT2D eigenvalue weighted by Crippen LogP contribution is -2.65. The van der Waals surface area contributed by atoms with Gasteiger partial charge in [0, 0.05) is 45.8 Å². The minimum absolute atomic E-state index is 0.0665. The predicted molar refractivity (Wildman–Crippen MR) is 105 cm³/mol. The van der Waals surface area contributed by atoms with E-state index in [0.29, 0.717) is 0 Å². The van der Waals surface area contributed by atoms with Gasteiger partial charge in [-0.2, -0.15) is 0 Å². The van der Waals surface area contributed by atoms with E-state index < -0.39 is 0 Å². The summed E-state index contributed by atoms with van der Waals surface area (Å²) in [6.07, 6.45) is 5.30. The van der Waals surface area contributed by atoms with Crippen LogP contribution in [0.15, 0.2) is 24.3 Å². The van der Waals surface area contributed by atoms with Crippen LogP contribution in [0.25, 0.3) is 0 Å². The summed E-state index contributed by atoms with van der Waals surface area (Å²) >= 11 is 0. The van der Waals surface area contributed by atoms with E-state index in [4.69, 9.17) is 9.47 Å². The second-order valence-corrected chi connectivity index (χ2v) is 8.36. The Labute approximate surface area is 162 Å². The van der Waals surface area contributed by atoms with E-state index in [1.54, 1.807) is 0 Å². The fraction of sp³-hybridized carbons (Fsp3) is 0.682. The van der Waals surface area contributed by atoms with Gasteiger partial charge in [0.25, 0.3) is 0 Å². The van der Waals surface area contributed by atoms with Crippen LogP contribution in [0.2, 0.25) is 0 Å². The van der Waals surface area contributed by atoms with Crippen LogP contribution in [0.4, 0.5) is 0 Å². The number of nitrogens with zero attached hydrogens (tertiary/aromatic N) is 2. The lowest BCUT2D eigenvalue weighted by atomic mass is 9.84. The Bertz CT molecular complexity index is 633. The van der Waals surface area contributed by atoms with Crippen molar-refractivity contribution in [2.45, 2.75) is 57.3 Å². The van der Waals surface area contributed by atoms with Crippen LogP contribution in [0.3, 0.4) is 0 Å². The molecule has 0 radical (unpaired) electrons. The third-order valence-electron chi connectivity index (χ3n) is 6.21. The number of amides is 1. The largest absolute Gasteiger partial charge is 0.372 e. The molecular formula is C22H32N2O3. The monoisotopic (exact) mass is 372 g/mol. The molecule has 3 fully saturated rings. The zero-order valence-corrected chi connectivity index (χ0v) is 16.5. The normalized spacial score (nSPS) is 24.9. The first-order valence-electron chi connectivity index (χ1n) is 10.5. The summed E-state index contributed by atoms with van der Waals surface area (Å²) in [4.78, 5) is 16.6. The van der Waals surface area contributed by atoms with Gasteiger partial charge in [-0.05, 0) is 36.8 Å². The first-order chi connectivity index (χ1) is 13.2. The number of carbonyl (C=O) groups is 1. The quantitative estimate of drug-likeness (QED) is 0.770. The highest BCUT2D eigenvalue weighted by atomic mass is 16.5. The SMILES string of the molecule is CCc1ccc(CN2CC3(C[C@@H](OCC(=O)N4CCCC4)CCO3)C2)cc1. The Kier molecular flexibility index (Phi) is 5.81. The Morgan fingerprint density at radius 2 is 1.89 bits per heavy atom. The van der Waals surface area contributed by atoms with Crippen molar-refractivity contribution in [3.05, 3.63) is 35.4 Å². The van der Waals surface area contributed by atoms with Crippen LogP contribution in [0.5, 0.6) is 0 Å². The Morgan fingerprint density at radius 3 is 2.59 bits per heavy atom. The Hall–Kier alpha value is -1.43. The van der Waals surface area contributed by atoms with Crippen LogP contribution < -0.4 is 0 Å². The van der Waals surface area contributed by atoms with Crippen LogP contribution >= 0.6 is 0 Å². The minimum atomic E-state index is -0.0665. The molecule has 1 atom stereocenters. The second-order valence-electron chi connectivity index (χ2n) is 8.36. The molecule has 0 unspecified atom stereocenters. The average Bonchev–Trinajstić information content (AvgIpc) is 3.21. The highest BCUT2D eigenvalue weighted by Crippen LogP contribution is 2.36. The van der Waals surface area contributed by atoms with Crippen molar-refractivity contribution in [3.63, 3.8) is 0 Å². The van der Waals surface area contributed by atoms with E-state index in [1.165, 1.54) is 11.1 Å². The summed E-state index contributed by atoms with van der Waals surface area (Å²) in [5.41, 5.74) is 2.68. The first-order valence-corrected chi connectivity index (χ1v) is 10.5. The van der Waals surface area contributed by atoms with Gasteiger partial charge in [0.05, 0.1) is 11.7 Å². The van der Waals surface area contributed by atoms with E-state index in [-0.39, 0.29) is 24.2 Å². The second kappa shape index (κ2) is 8.29. The molecule has 27 heavy (non-hydrogen) atoms. The molecule has 3 heterocycles. The Balaban J connectivity index is 1.22. The molecule has 0 saturated carbocycles. The van der Waals surface area contributed by atoms with Gasteiger partial charge in [0.1, 0.15) is 6.61 Å². The van der Waals surface area contributed by atoms with Gasteiger partial charge in [0.2, 0.25) is 5.91 Å².